The summed E-state index contributed by atoms with van der Waals surface area (Å²) < 4.78 is 35.4. The molecular formula is C26H27NaO8S. The summed E-state index contributed by atoms with van der Waals surface area (Å²) in [5.41, 5.74) is 3.96. The molecule has 0 aliphatic carbocycles. The van der Waals surface area contributed by atoms with Crippen molar-refractivity contribution in [3.05, 3.63) is 103 Å². The van der Waals surface area contributed by atoms with Crippen LogP contribution in [0.2, 0.25) is 0 Å². The maximum absolute atomic E-state index is 11.8. The molecule has 0 fully saturated rings. The number of fused-ring (bicyclic) bond motifs is 2. The van der Waals surface area contributed by atoms with E-state index in [1.807, 2.05) is 78.9 Å². The first-order chi connectivity index (χ1) is 14.5. The third-order valence-corrected chi connectivity index (χ3v) is 6.24. The Bertz CT molecular complexity index is 1510. The van der Waals surface area contributed by atoms with Gasteiger partial charge in [0, 0.05) is 0 Å². The first-order valence-corrected chi connectivity index (χ1v) is 11.0. The van der Waals surface area contributed by atoms with Gasteiger partial charge >= 0.3 is 29.6 Å². The van der Waals surface area contributed by atoms with E-state index in [0.717, 1.165) is 43.8 Å². The number of hydrogen-bond acceptors (Lipinski definition) is 3. The van der Waals surface area contributed by atoms with Crippen molar-refractivity contribution in [2.45, 2.75) is 4.90 Å². The Labute approximate surface area is 230 Å². The predicted molar refractivity (Wildman–Crippen MR) is 138 cm³/mol. The normalized spacial score (nSPS) is 9.81. The fourth-order valence-corrected chi connectivity index (χ4v) is 4.64. The quantitative estimate of drug-likeness (QED) is 0.168. The molecule has 0 bridgehead atoms. The minimum atomic E-state index is -4.57. The van der Waals surface area contributed by atoms with E-state index in [0.29, 0.717) is 0 Å². The molecule has 5 aromatic carbocycles. The number of hydrogen-bond donors (Lipinski definition) is 0. The van der Waals surface area contributed by atoms with Crippen LogP contribution in [0.5, 0.6) is 0 Å². The summed E-state index contributed by atoms with van der Waals surface area (Å²) >= 11 is 0. The zero-order chi connectivity index (χ0) is 20.7. The fourth-order valence-electron chi connectivity index (χ4n) is 4.14. The van der Waals surface area contributed by atoms with Crippen LogP contribution in [0.15, 0.2) is 108 Å². The van der Waals surface area contributed by atoms with Crippen LogP contribution in [0.4, 0.5) is 0 Å². The van der Waals surface area contributed by atoms with Gasteiger partial charge in [-0.2, -0.15) is 0 Å². The Morgan fingerprint density at radius 1 is 0.472 bits per heavy atom. The van der Waals surface area contributed by atoms with E-state index < -0.39 is 10.1 Å². The molecule has 186 valence electrons. The van der Waals surface area contributed by atoms with Gasteiger partial charge < -0.3 is 31.9 Å². The fraction of sp³-hybridized carbons (Fsp3) is 0. The van der Waals surface area contributed by atoms with Crippen molar-refractivity contribution in [3.8, 4) is 22.3 Å². The summed E-state index contributed by atoms with van der Waals surface area (Å²) in [6.07, 6.45) is 0. The van der Waals surface area contributed by atoms with Crippen molar-refractivity contribution in [2.24, 2.45) is 0 Å². The van der Waals surface area contributed by atoms with Crippen molar-refractivity contribution in [1.82, 2.24) is 0 Å². The average Bonchev–Trinajstić information content (AvgIpc) is 2.77. The summed E-state index contributed by atoms with van der Waals surface area (Å²) in [5.74, 6) is 0. The van der Waals surface area contributed by atoms with Crippen LogP contribution in [-0.4, -0.2) is 40.4 Å². The van der Waals surface area contributed by atoms with Crippen molar-refractivity contribution in [1.29, 1.82) is 0 Å². The smallest absolute Gasteiger partial charge is 0.744 e. The van der Waals surface area contributed by atoms with Gasteiger partial charge in [-0.15, -0.1) is 0 Å². The van der Waals surface area contributed by atoms with E-state index in [-0.39, 0.29) is 61.8 Å². The van der Waals surface area contributed by atoms with Crippen LogP contribution in [-0.2, 0) is 10.1 Å². The molecule has 10 N–H and O–H groups in total. The maximum atomic E-state index is 11.8. The van der Waals surface area contributed by atoms with E-state index in [2.05, 4.69) is 6.07 Å². The van der Waals surface area contributed by atoms with Gasteiger partial charge in [0.1, 0.15) is 10.1 Å². The first kappa shape index (κ1) is 35.5. The molecule has 0 aromatic heterocycles. The first-order valence-electron chi connectivity index (χ1n) is 9.59. The van der Waals surface area contributed by atoms with Gasteiger partial charge in [-0.1, -0.05) is 91.0 Å². The summed E-state index contributed by atoms with van der Waals surface area (Å²) in [6, 6.07) is 32.7. The van der Waals surface area contributed by atoms with Crippen LogP contribution in [0.3, 0.4) is 0 Å². The van der Waals surface area contributed by atoms with Gasteiger partial charge in [0.05, 0.1) is 4.90 Å². The molecule has 0 saturated heterocycles. The van der Waals surface area contributed by atoms with Gasteiger partial charge in [0.2, 0.25) is 0 Å². The molecule has 10 heteroatoms. The van der Waals surface area contributed by atoms with E-state index in [1.54, 1.807) is 6.07 Å². The molecule has 8 nitrogen and oxygen atoms in total. The van der Waals surface area contributed by atoms with Crippen molar-refractivity contribution >= 4 is 31.7 Å². The summed E-state index contributed by atoms with van der Waals surface area (Å²) in [6.45, 7) is 0. The third-order valence-electron chi connectivity index (χ3n) is 5.41. The molecular weight excluding hydrogens is 495 g/mol. The minimum absolute atomic E-state index is 0. The second-order valence-electron chi connectivity index (χ2n) is 7.19. The Balaban J connectivity index is 0. The Morgan fingerprint density at radius 2 is 0.833 bits per heavy atom. The second-order valence-corrected chi connectivity index (χ2v) is 8.57. The maximum Gasteiger partial charge on any atom is 1.00 e. The molecule has 0 aliphatic heterocycles. The van der Waals surface area contributed by atoms with E-state index in [1.165, 1.54) is 12.1 Å². The zero-order valence-corrected chi connectivity index (χ0v) is 22.3. The molecule has 0 unspecified atom stereocenters. The SMILES string of the molecule is O.O.O.O.O.O=S(=O)([O-])c1ccc2c(-c3ccccc3)c3ccccc3c(-c3ccccc3)c2c1.[Na+]. The molecule has 0 amide bonds. The number of benzene rings is 5. The molecule has 5 rings (SSSR count). The van der Waals surface area contributed by atoms with Crippen LogP contribution < -0.4 is 29.6 Å². The van der Waals surface area contributed by atoms with Crippen molar-refractivity contribution in [2.75, 3.05) is 0 Å². The molecule has 0 atom stereocenters. The zero-order valence-electron chi connectivity index (χ0n) is 19.4. The summed E-state index contributed by atoms with van der Waals surface area (Å²) in [4.78, 5) is -0.221. The standard InChI is InChI=1S/C26H18O3S.Na.5H2O/c27-30(28,29)20-15-16-23-24(17-20)26(19-11-5-2-6-12-19)22-14-8-7-13-21(22)25(23)18-9-3-1-4-10-18;;;;;;/h1-17H,(H,27,28,29);;5*1H2/q;+1;;;;;/p-1. The van der Waals surface area contributed by atoms with Gasteiger partial charge in [-0.25, -0.2) is 8.42 Å². The van der Waals surface area contributed by atoms with Crippen molar-refractivity contribution in [3.63, 3.8) is 0 Å². The van der Waals surface area contributed by atoms with Crippen LogP contribution in [0.1, 0.15) is 0 Å². The minimum Gasteiger partial charge on any atom is -0.744 e. The van der Waals surface area contributed by atoms with E-state index >= 15 is 0 Å². The predicted octanol–water partition coefficient (Wildman–Crippen LogP) is -0.888. The molecule has 0 radical (unpaired) electrons. The topological polar surface area (TPSA) is 215 Å². The molecule has 0 spiro atoms. The van der Waals surface area contributed by atoms with Gasteiger partial charge in [0.25, 0.3) is 0 Å². The van der Waals surface area contributed by atoms with Gasteiger partial charge in [-0.05, 0) is 55.9 Å². The molecule has 0 aliphatic rings. The largest absolute Gasteiger partial charge is 1.00 e. The van der Waals surface area contributed by atoms with Gasteiger partial charge in [0.15, 0.2) is 0 Å². The monoisotopic (exact) mass is 522 g/mol. The Morgan fingerprint density at radius 3 is 1.25 bits per heavy atom. The second kappa shape index (κ2) is 14.2. The molecule has 0 saturated carbocycles. The van der Waals surface area contributed by atoms with Gasteiger partial charge in [-0.3, -0.25) is 0 Å². The van der Waals surface area contributed by atoms with Crippen molar-refractivity contribution < 1.29 is 69.9 Å². The van der Waals surface area contributed by atoms with Crippen LogP contribution in [0.25, 0.3) is 43.8 Å². The van der Waals surface area contributed by atoms with E-state index in [9.17, 15) is 13.0 Å². The third kappa shape index (κ3) is 6.36. The van der Waals surface area contributed by atoms with Crippen LogP contribution >= 0.6 is 0 Å². The van der Waals surface area contributed by atoms with E-state index in [4.69, 9.17) is 0 Å². The number of rotatable bonds is 3. The Hall–Kier alpha value is -2.67. The average molecular weight is 523 g/mol. The molecule has 36 heavy (non-hydrogen) atoms. The van der Waals surface area contributed by atoms with Crippen LogP contribution in [0, 0.1) is 0 Å². The summed E-state index contributed by atoms with van der Waals surface area (Å²) in [5, 5.41) is 3.74. The Kier molecular flexibility index (Phi) is 14.0. The molecule has 5 aromatic rings. The summed E-state index contributed by atoms with van der Waals surface area (Å²) in [7, 11) is -4.57. The molecule has 0 heterocycles.